The summed E-state index contributed by atoms with van der Waals surface area (Å²) in [5.41, 5.74) is 0.798. The first-order valence-electron chi connectivity index (χ1n) is 6.91. The Morgan fingerprint density at radius 2 is 2.27 bits per heavy atom. The molecule has 1 aromatic heterocycles. The summed E-state index contributed by atoms with van der Waals surface area (Å²) in [5, 5.41) is 9.06. The van der Waals surface area contributed by atoms with E-state index in [-0.39, 0.29) is 18.4 Å². The van der Waals surface area contributed by atoms with Gasteiger partial charge >= 0.3 is 0 Å². The standard InChI is InChI=1S/C15H14FN3O3/c16-11-4-2-1-3-10(11)13-7-9(19-22-13)8-17-15(21)12-5-6-14(20)18-12/h1-4,7,12H,5-6,8H2,(H,17,21)(H,18,20). The lowest BCUT2D eigenvalue weighted by atomic mass is 10.1. The van der Waals surface area contributed by atoms with Crippen LogP contribution in [0.5, 0.6) is 0 Å². The molecule has 0 saturated carbocycles. The van der Waals surface area contributed by atoms with Crippen molar-refractivity contribution in [3.63, 3.8) is 0 Å². The van der Waals surface area contributed by atoms with Gasteiger partial charge in [-0.25, -0.2) is 4.39 Å². The molecule has 22 heavy (non-hydrogen) atoms. The number of halogens is 1. The summed E-state index contributed by atoms with van der Waals surface area (Å²) in [4.78, 5) is 22.9. The molecule has 114 valence electrons. The molecule has 1 saturated heterocycles. The minimum Gasteiger partial charge on any atom is -0.356 e. The van der Waals surface area contributed by atoms with Gasteiger partial charge in [0.1, 0.15) is 17.6 Å². The molecular weight excluding hydrogens is 289 g/mol. The predicted octanol–water partition coefficient (Wildman–Crippen LogP) is 1.38. The van der Waals surface area contributed by atoms with Gasteiger partial charge in [0.15, 0.2) is 5.76 Å². The summed E-state index contributed by atoms with van der Waals surface area (Å²) in [5.74, 6) is -0.482. The number of aromatic nitrogens is 1. The summed E-state index contributed by atoms with van der Waals surface area (Å²) in [6, 6.07) is 7.29. The second kappa shape index (κ2) is 5.97. The highest BCUT2D eigenvalue weighted by Crippen LogP contribution is 2.23. The van der Waals surface area contributed by atoms with Crippen molar-refractivity contribution in [2.45, 2.75) is 25.4 Å². The van der Waals surface area contributed by atoms with Crippen molar-refractivity contribution in [3.8, 4) is 11.3 Å². The van der Waals surface area contributed by atoms with Crippen LogP contribution in [0, 0.1) is 5.82 Å². The fourth-order valence-corrected chi connectivity index (χ4v) is 2.29. The Hall–Kier alpha value is -2.70. The van der Waals surface area contributed by atoms with E-state index in [0.717, 1.165) is 0 Å². The van der Waals surface area contributed by atoms with Crippen molar-refractivity contribution in [2.24, 2.45) is 0 Å². The molecule has 0 radical (unpaired) electrons. The van der Waals surface area contributed by atoms with Crippen LogP contribution in [-0.4, -0.2) is 23.0 Å². The van der Waals surface area contributed by atoms with Gasteiger partial charge in [0.25, 0.3) is 0 Å². The fourth-order valence-electron chi connectivity index (χ4n) is 2.29. The van der Waals surface area contributed by atoms with Crippen LogP contribution in [0.4, 0.5) is 4.39 Å². The van der Waals surface area contributed by atoms with E-state index in [9.17, 15) is 14.0 Å². The monoisotopic (exact) mass is 303 g/mol. The van der Waals surface area contributed by atoms with Gasteiger partial charge in [0, 0.05) is 12.5 Å². The summed E-state index contributed by atoms with van der Waals surface area (Å²) < 4.78 is 18.7. The lowest BCUT2D eigenvalue weighted by Gasteiger charge is -2.09. The molecule has 2 N–H and O–H groups in total. The smallest absolute Gasteiger partial charge is 0.242 e. The normalized spacial score (nSPS) is 17.3. The maximum absolute atomic E-state index is 13.6. The number of nitrogens with zero attached hydrogens (tertiary/aromatic N) is 1. The van der Waals surface area contributed by atoms with Crippen molar-refractivity contribution >= 4 is 11.8 Å². The zero-order chi connectivity index (χ0) is 15.5. The zero-order valence-corrected chi connectivity index (χ0v) is 11.6. The molecule has 0 bridgehead atoms. The van der Waals surface area contributed by atoms with Crippen LogP contribution >= 0.6 is 0 Å². The third-order valence-electron chi connectivity index (χ3n) is 3.45. The summed E-state index contributed by atoms with van der Waals surface area (Å²) in [7, 11) is 0. The molecule has 0 spiro atoms. The van der Waals surface area contributed by atoms with E-state index in [1.54, 1.807) is 24.3 Å². The Bertz CT molecular complexity index is 714. The fraction of sp³-hybridized carbons (Fsp3) is 0.267. The van der Waals surface area contributed by atoms with Gasteiger partial charge in [-0.15, -0.1) is 0 Å². The Balaban J connectivity index is 1.62. The molecule has 2 aromatic rings. The van der Waals surface area contributed by atoms with Crippen molar-refractivity contribution in [1.29, 1.82) is 0 Å². The molecule has 7 heteroatoms. The second-order valence-corrected chi connectivity index (χ2v) is 5.04. The number of nitrogens with one attached hydrogen (secondary N) is 2. The molecule has 3 rings (SSSR count). The Morgan fingerprint density at radius 3 is 3.00 bits per heavy atom. The van der Waals surface area contributed by atoms with Gasteiger partial charge in [0.05, 0.1) is 12.1 Å². The zero-order valence-electron chi connectivity index (χ0n) is 11.6. The minimum atomic E-state index is -0.495. The quantitative estimate of drug-likeness (QED) is 0.893. The molecule has 2 amide bonds. The Labute approximate surface area is 125 Å². The van der Waals surface area contributed by atoms with Crippen molar-refractivity contribution in [1.82, 2.24) is 15.8 Å². The summed E-state index contributed by atoms with van der Waals surface area (Å²) in [6.07, 6.45) is 0.851. The Kier molecular flexibility index (Phi) is 3.86. The van der Waals surface area contributed by atoms with Crippen LogP contribution in [0.3, 0.4) is 0 Å². The first-order chi connectivity index (χ1) is 10.6. The van der Waals surface area contributed by atoms with E-state index in [4.69, 9.17) is 4.52 Å². The van der Waals surface area contributed by atoms with Gasteiger partial charge in [-0.2, -0.15) is 0 Å². The highest BCUT2D eigenvalue weighted by Gasteiger charge is 2.27. The highest BCUT2D eigenvalue weighted by molar-refractivity contribution is 5.90. The van der Waals surface area contributed by atoms with E-state index in [1.807, 2.05) is 0 Å². The van der Waals surface area contributed by atoms with Gasteiger partial charge in [-0.05, 0) is 18.6 Å². The molecule has 1 atom stereocenters. The van der Waals surface area contributed by atoms with E-state index in [2.05, 4.69) is 15.8 Å². The van der Waals surface area contributed by atoms with Gasteiger partial charge in [-0.1, -0.05) is 17.3 Å². The number of hydrogen-bond acceptors (Lipinski definition) is 4. The topological polar surface area (TPSA) is 84.2 Å². The molecular formula is C15H14FN3O3. The van der Waals surface area contributed by atoms with E-state index >= 15 is 0 Å². The van der Waals surface area contributed by atoms with Crippen LogP contribution in [0.25, 0.3) is 11.3 Å². The van der Waals surface area contributed by atoms with Crippen molar-refractivity contribution in [2.75, 3.05) is 0 Å². The van der Waals surface area contributed by atoms with Crippen LogP contribution < -0.4 is 10.6 Å². The van der Waals surface area contributed by atoms with Gasteiger partial charge in [-0.3, -0.25) is 9.59 Å². The number of rotatable bonds is 4. The van der Waals surface area contributed by atoms with Crippen molar-refractivity contribution in [3.05, 3.63) is 41.8 Å². The first kappa shape index (κ1) is 14.2. The summed E-state index contributed by atoms with van der Waals surface area (Å²) in [6.45, 7) is 0.156. The molecule has 1 aromatic carbocycles. The van der Waals surface area contributed by atoms with Crippen molar-refractivity contribution < 1.29 is 18.5 Å². The van der Waals surface area contributed by atoms with Gasteiger partial charge in [0.2, 0.25) is 11.8 Å². The first-order valence-corrected chi connectivity index (χ1v) is 6.91. The van der Waals surface area contributed by atoms with E-state index < -0.39 is 11.9 Å². The minimum absolute atomic E-state index is 0.122. The lowest BCUT2D eigenvalue weighted by molar-refractivity contribution is -0.125. The highest BCUT2D eigenvalue weighted by atomic mass is 19.1. The van der Waals surface area contributed by atoms with Crippen LogP contribution in [0.15, 0.2) is 34.9 Å². The average molecular weight is 303 g/mol. The third kappa shape index (κ3) is 2.98. The number of carbonyl (C=O) groups excluding carboxylic acids is 2. The molecule has 6 nitrogen and oxygen atoms in total. The SMILES string of the molecule is O=C1CCC(C(=O)NCc2cc(-c3ccccc3F)on2)N1. The molecule has 1 fully saturated rings. The number of amides is 2. The maximum atomic E-state index is 13.6. The van der Waals surface area contributed by atoms with E-state index in [1.165, 1.54) is 6.07 Å². The number of benzene rings is 1. The van der Waals surface area contributed by atoms with Gasteiger partial charge < -0.3 is 15.2 Å². The number of carbonyl (C=O) groups is 2. The predicted molar refractivity (Wildman–Crippen MR) is 74.9 cm³/mol. The molecule has 1 unspecified atom stereocenters. The number of hydrogen-bond donors (Lipinski definition) is 2. The van der Waals surface area contributed by atoms with E-state index in [0.29, 0.717) is 29.9 Å². The maximum Gasteiger partial charge on any atom is 0.242 e. The Morgan fingerprint density at radius 1 is 1.45 bits per heavy atom. The largest absolute Gasteiger partial charge is 0.356 e. The van der Waals surface area contributed by atoms with Crippen LogP contribution in [0.2, 0.25) is 0 Å². The molecule has 1 aliphatic rings. The van der Waals surface area contributed by atoms with Crippen LogP contribution in [-0.2, 0) is 16.1 Å². The molecule has 0 aliphatic carbocycles. The lowest BCUT2D eigenvalue weighted by Crippen LogP contribution is -2.41. The summed E-state index contributed by atoms with van der Waals surface area (Å²) >= 11 is 0. The second-order valence-electron chi connectivity index (χ2n) is 5.04. The average Bonchev–Trinajstić information content (AvgIpc) is 3.14. The third-order valence-corrected chi connectivity index (χ3v) is 3.45. The molecule has 2 heterocycles. The molecule has 1 aliphatic heterocycles. The van der Waals surface area contributed by atoms with Crippen LogP contribution in [0.1, 0.15) is 18.5 Å².